The van der Waals surface area contributed by atoms with E-state index in [4.69, 9.17) is 4.74 Å². The molecule has 3 heterocycles. The van der Waals surface area contributed by atoms with Gasteiger partial charge in [0.25, 0.3) is 6.71 Å². The molecular weight excluding hydrogens is 669 g/mol. The second kappa shape index (κ2) is 12.3. The molecule has 2 aliphatic heterocycles. The van der Waals surface area contributed by atoms with E-state index in [2.05, 4.69) is 210 Å². The lowest BCUT2D eigenvalue weighted by Crippen LogP contribution is -2.59. The molecule has 11 rings (SSSR count). The van der Waals surface area contributed by atoms with E-state index in [1.54, 1.807) is 0 Å². The third kappa shape index (κ3) is 4.86. The van der Waals surface area contributed by atoms with Gasteiger partial charge in [-0.05, 0) is 115 Å². The van der Waals surface area contributed by atoms with Gasteiger partial charge in [0.15, 0.2) is 0 Å². The summed E-state index contributed by atoms with van der Waals surface area (Å²) in [7, 11) is 0. The summed E-state index contributed by atoms with van der Waals surface area (Å²) in [4.78, 5) is 4.75. The number of nitrogens with zero attached hydrogens (tertiary/aromatic N) is 3. The quantitative estimate of drug-likeness (QED) is 0.166. The van der Waals surface area contributed by atoms with Crippen molar-refractivity contribution in [1.29, 1.82) is 0 Å². The van der Waals surface area contributed by atoms with Crippen molar-refractivity contribution >= 4 is 79.0 Å². The van der Waals surface area contributed by atoms with Crippen molar-refractivity contribution in [2.75, 3.05) is 9.80 Å². The van der Waals surface area contributed by atoms with Gasteiger partial charge in [-0.25, -0.2) is 0 Å². The van der Waals surface area contributed by atoms with Crippen LogP contribution in [-0.2, 0) is 0 Å². The molecule has 5 heteroatoms. The van der Waals surface area contributed by atoms with Crippen LogP contribution in [0.3, 0.4) is 0 Å². The summed E-state index contributed by atoms with van der Waals surface area (Å²) in [6.07, 6.45) is 0. The summed E-state index contributed by atoms with van der Waals surface area (Å²) in [5.74, 6) is 1.83. The summed E-state index contributed by atoms with van der Waals surface area (Å²) >= 11 is 0. The summed E-state index contributed by atoms with van der Waals surface area (Å²) in [6.45, 7) is 4.33. The molecule has 0 saturated heterocycles. The number of aromatic nitrogens is 1. The van der Waals surface area contributed by atoms with E-state index in [1.807, 2.05) is 0 Å². The average Bonchev–Trinajstić information content (AvgIpc) is 3.57. The minimum absolute atomic E-state index is 0.0344. The van der Waals surface area contributed by atoms with E-state index in [0.29, 0.717) is 0 Å². The number of anilines is 6. The number of fused-ring (bicyclic) bond motifs is 7. The van der Waals surface area contributed by atoms with Crippen LogP contribution >= 0.6 is 0 Å². The lowest BCUT2D eigenvalue weighted by molar-refractivity contribution is 0.484. The Kier molecular flexibility index (Phi) is 7.05. The summed E-state index contributed by atoms with van der Waals surface area (Å²) in [5.41, 5.74) is 16.3. The number of ether oxygens (including phenoxy) is 1. The fourth-order valence-electron chi connectivity index (χ4n) is 8.90. The largest absolute Gasteiger partial charge is 0.458 e. The Morgan fingerprint density at radius 3 is 1.96 bits per heavy atom. The fraction of sp³-hybridized carbons (Fsp3) is 0.0400. The van der Waals surface area contributed by atoms with Crippen molar-refractivity contribution in [1.82, 2.24) is 4.57 Å². The Morgan fingerprint density at radius 2 is 1.15 bits per heavy atom. The van der Waals surface area contributed by atoms with Crippen molar-refractivity contribution in [3.63, 3.8) is 0 Å². The highest BCUT2D eigenvalue weighted by molar-refractivity contribution is 6.99. The van der Waals surface area contributed by atoms with E-state index < -0.39 is 0 Å². The van der Waals surface area contributed by atoms with Gasteiger partial charge in [0.05, 0.1) is 11.0 Å². The molecule has 55 heavy (non-hydrogen) atoms. The summed E-state index contributed by atoms with van der Waals surface area (Å²) < 4.78 is 9.43. The monoisotopic (exact) mass is 705 g/mol. The van der Waals surface area contributed by atoms with Crippen LogP contribution in [0.2, 0.25) is 0 Å². The zero-order valence-electron chi connectivity index (χ0n) is 30.6. The van der Waals surface area contributed by atoms with Gasteiger partial charge in [0, 0.05) is 56.7 Å². The van der Waals surface area contributed by atoms with E-state index in [0.717, 1.165) is 51.2 Å². The lowest BCUT2D eigenvalue weighted by Gasteiger charge is -2.40. The number of rotatable bonds is 5. The summed E-state index contributed by atoms with van der Waals surface area (Å²) in [6, 6.07) is 65.8. The Hall–Kier alpha value is -6.98. The van der Waals surface area contributed by atoms with E-state index in [1.165, 1.54) is 49.4 Å². The molecule has 0 fully saturated rings. The standard InChI is InChI=1S/C50H36BN3O/c1-33-21-24-37(25-22-33)52(38-27-30-45-41(31-38)40-17-9-11-19-44(40)53(45)35-13-5-3-6-14-35)39-26-28-43-48(32-39)55-50-34(2)23-29-47-49(50)51(43)42-18-10-12-20-46(42)54(47)36-15-7-4-8-16-36/h3-32H,1-2H3. The Morgan fingerprint density at radius 1 is 0.491 bits per heavy atom. The average molecular weight is 706 g/mol. The maximum absolute atomic E-state index is 7.06. The third-order valence-electron chi connectivity index (χ3n) is 11.4. The van der Waals surface area contributed by atoms with Crippen LogP contribution in [0.1, 0.15) is 11.1 Å². The first kappa shape index (κ1) is 31.5. The number of hydrogen-bond acceptors (Lipinski definition) is 3. The van der Waals surface area contributed by atoms with Crippen molar-refractivity contribution in [3.8, 4) is 17.2 Å². The minimum Gasteiger partial charge on any atom is -0.458 e. The van der Waals surface area contributed by atoms with Gasteiger partial charge in [-0.1, -0.05) is 103 Å². The Bertz CT molecular complexity index is 2940. The van der Waals surface area contributed by atoms with E-state index in [9.17, 15) is 0 Å². The number of aryl methyl sites for hydroxylation is 2. The molecule has 0 radical (unpaired) electrons. The molecule has 0 bridgehead atoms. The molecule has 0 aliphatic carbocycles. The second-order valence-corrected chi connectivity index (χ2v) is 14.7. The fourth-order valence-corrected chi connectivity index (χ4v) is 8.90. The lowest BCUT2D eigenvalue weighted by atomic mass is 9.34. The van der Waals surface area contributed by atoms with Gasteiger partial charge in [-0.3, -0.25) is 0 Å². The van der Waals surface area contributed by atoms with Crippen LogP contribution in [0.4, 0.5) is 34.1 Å². The Balaban J connectivity index is 1.09. The number of benzene rings is 8. The van der Waals surface area contributed by atoms with Crippen molar-refractivity contribution < 1.29 is 4.74 Å². The highest BCUT2D eigenvalue weighted by Gasteiger charge is 2.42. The van der Waals surface area contributed by atoms with Gasteiger partial charge >= 0.3 is 0 Å². The molecule has 1 aromatic heterocycles. The molecule has 2 aliphatic rings. The van der Waals surface area contributed by atoms with E-state index in [-0.39, 0.29) is 6.71 Å². The van der Waals surface area contributed by atoms with Crippen molar-refractivity contribution in [2.45, 2.75) is 13.8 Å². The van der Waals surface area contributed by atoms with Crippen LogP contribution < -0.4 is 30.9 Å². The molecule has 0 atom stereocenters. The van der Waals surface area contributed by atoms with Crippen molar-refractivity contribution in [2.24, 2.45) is 0 Å². The van der Waals surface area contributed by atoms with Gasteiger partial charge in [0.2, 0.25) is 0 Å². The predicted molar refractivity (Wildman–Crippen MR) is 231 cm³/mol. The van der Waals surface area contributed by atoms with Crippen LogP contribution in [0, 0.1) is 13.8 Å². The molecule has 0 amide bonds. The number of para-hydroxylation sites is 4. The predicted octanol–water partition coefficient (Wildman–Crippen LogP) is 11.3. The normalized spacial score (nSPS) is 12.6. The third-order valence-corrected chi connectivity index (χ3v) is 11.4. The SMILES string of the molecule is Cc1ccc(N(c2ccc3c(c2)Oc2c(C)ccc4c2B3c2ccccc2N4c2ccccc2)c2ccc3c(c2)c2ccccc2n3-c2ccccc2)cc1. The zero-order chi connectivity index (χ0) is 36.6. The minimum atomic E-state index is 0.0344. The molecule has 9 aromatic rings. The first-order valence-electron chi connectivity index (χ1n) is 19.0. The van der Waals surface area contributed by atoms with Gasteiger partial charge in [0.1, 0.15) is 11.5 Å². The highest BCUT2D eigenvalue weighted by Crippen LogP contribution is 2.44. The second-order valence-electron chi connectivity index (χ2n) is 14.7. The molecule has 0 saturated carbocycles. The van der Waals surface area contributed by atoms with Gasteiger partial charge in [-0.2, -0.15) is 0 Å². The first-order valence-corrected chi connectivity index (χ1v) is 19.0. The molecule has 0 N–H and O–H groups in total. The molecule has 0 unspecified atom stereocenters. The van der Waals surface area contributed by atoms with Crippen LogP contribution in [0.25, 0.3) is 27.5 Å². The number of hydrogen-bond donors (Lipinski definition) is 0. The van der Waals surface area contributed by atoms with Crippen LogP contribution in [0.15, 0.2) is 182 Å². The van der Waals surface area contributed by atoms with Gasteiger partial charge < -0.3 is 19.1 Å². The molecule has 0 spiro atoms. The molecule has 4 nitrogen and oxygen atoms in total. The van der Waals surface area contributed by atoms with Crippen molar-refractivity contribution in [3.05, 3.63) is 193 Å². The smallest absolute Gasteiger partial charge is 0.256 e. The topological polar surface area (TPSA) is 20.6 Å². The van der Waals surface area contributed by atoms with Crippen LogP contribution in [-0.4, -0.2) is 11.3 Å². The highest BCUT2D eigenvalue weighted by atomic mass is 16.5. The molecule has 8 aromatic carbocycles. The molecular formula is C50H36BN3O. The Labute approximate surface area is 321 Å². The maximum atomic E-state index is 7.06. The zero-order valence-corrected chi connectivity index (χ0v) is 30.6. The molecule has 260 valence electrons. The van der Waals surface area contributed by atoms with Gasteiger partial charge in [-0.15, -0.1) is 0 Å². The maximum Gasteiger partial charge on any atom is 0.256 e. The van der Waals surface area contributed by atoms with Crippen LogP contribution in [0.5, 0.6) is 11.5 Å². The first-order chi connectivity index (χ1) is 27.1. The van der Waals surface area contributed by atoms with E-state index >= 15 is 0 Å². The summed E-state index contributed by atoms with van der Waals surface area (Å²) in [5, 5.41) is 2.44.